The quantitative estimate of drug-likeness (QED) is 0.891. The number of halogens is 2. The maximum Gasteiger partial charge on any atom is 0.229 e. The van der Waals surface area contributed by atoms with E-state index in [1.165, 1.54) is 6.07 Å². The van der Waals surface area contributed by atoms with E-state index < -0.39 is 27.1 Å². The molecule has 96 valence electrons. The number of hydrogen-bond acceptors (Lipinski definition) is 2. The average Bonchev–Trinajstić information content (AvgIpc) is 2.05. The van der Waals surface area contributed by atoms with Gasteiger partial charge in [0.25, 0.3) is 0 Å². The Morgan fingerprint density at radius 3 is 2.06 bits per heavy atom. The van der Waals surface area contributed by atoms with Crippen molar-refractivity contribution < 1.29 is 17.2 Å². The van der Waals surface area contributed by atoms with Crippen LogP contribution in [-0.4, -0.2) is 14.7 Å². The van der Waals surface area contributed by atoms with Gasteiger partial charge in [-0.2, -0.15) is 0 Å². The summed E-state index contributed by atoms with van der Waals surface area (Å²) in [6.45, 7) is 5.27. The second-order valence-corrected chi connectivity index (χ2v) is 6.68. The minimum absolute atomic E-state index is 0.237. The van der Waals surface area contributed by atoms with Crippen molar-refractivity contribution in [2.75, 3.05) is 11.0 Å². The summed E-state index contributed by atoms with van der Waals surface area (Å²) in [5.41, 5.74) is -0.519. The molecule has 6 heteroatoms. The van der Waals surface area contributed by atoms with Crippen LogP contribution in [0.25, 0.3) is 0 Å². The third kappa shape index (κ3) is 3.66. The van der Waals surface area contributed by atoms with E-state index in [0.29, 0.717) is 6.07 Å². The van der Waals surface area contributed by atoms with E-state index in [-0.39, 0.29) is 11.3 Å². The minimum Gasteiger partial charge on any atom is -0.281 e. The van der Waals surface area contributed by atoms with Gasteiger partial charge >= 0.3 is 0 Å². The molecule has 0 aliphatic carbocycles. The molecule has 0 bridgehead atoms. The highest BCUT2D eigenvalue weighted by Gasteiger charge is 2.21. The summed E-state index contributed by atoms with van der Waals surface area (Å²) in [7, 11) is -3.59. The van der Waals surface area contributed by atoms with Crippen LogP contribution in [0.2, 0.25) is 0 Å². The van der Waals surface area contributed by atoms with Crippen LogP contribution in [0.4, 0.5) is 14.5 Å². The summed E-state index contributed by atoms with van der Waals surface area (Å²) in [5, 5.41) is 0. The molecule has 0 saturated heterocycles. The van der Waals surface area contributed by atoms with Crippen molar-refractivity contribution in [3.05, 3.63) is 29.3 Å². The Balaban J connectivity index is 3.34. The molecule has 1 aromatic rings. The van der Waals surface area contributed by atoms with Crippen LogP contribution in [0.3, 0.4) is 0 Å². The first-order valence-electron chi connectivity index (χ1n) is 4.98. The number of nitrogens with one attached hydrogen (secondary N) is 1. The third-order valence-electron chi connectivity index (χ3n) is 2.16. The van der Waals surface area contributed by atoms with E-state index in [2.05, 4.69) is 0 Å². The molecule has 0 radical (unpaired) electrons. The Hall–Kier alpha value is -1.17. The van der Waals surface area contributed by atoms with Gasteiger partial charge in [-0.1, -0.05) is 20.8 Å². The summed E-state index contributed by atoms with van der Waals surface area (Å²) < 4.78 is 51.0. The molecule has 1 rings (SSSR count). The van der Waals surface area contributed by atoms with Crippen molar-refractivity contribution in [3.63, 3.8) is 0 Å². The molecule has 0 aromatic heterocycles. The van der Waals surface area contributed by atoms with Crippen molar-refractivity contribution in [3.8, 4) is 0 Å². The molecule has 0 unspecified atom stereocenters. The van der Waals surface area contributed by atoms with Gasteiger partial charge in [-0.15, -0.1) is 0 Å². The molecule has 1 N–H and O–H groups in total. The maximum atomic E-state index is 13.5. The van der Waals surface area contributed by atoms with Gasteiger partial charge < -0.3 is 0 Å². The van der Waals surface area contributed by atoms with Gasteiger partial charge in [0.2, 0.25) is 10.0 Å². The zero-order valence-electron chi connectivity index (χ0n) is 10.1. The first-order valence-corrected chi connectivity index (χ1v) is 6.87. The summed E-state index contributed by atoms with van der Waals surface area (Å²) in [6.07, 6.45) is 0.909. The minimum atomic E-state index is -3.59. The van der Waals surface area contributed by atoms with Crippen molar-refractivity contribution >= 4 is 15.7 Å². The van der Waals surface area contributed by atoms with Crippen LogP contribution in [0.15, 0.2) is 12.1 Å². The van der Waals surface area contributed by atoms with Crippen LogP contribution < -0.4 is 4.72 Å². The van der Waals surface area contributed by atoms with Crippen molar-refractivity contribution in [1.29, 1.82) is 0 Å². The summed E-state index contributed by atoms with van der Waals surface area (Å²) in [6, 6.07) is 1.87. The highest BCUT2D eigenvalue weighted by molar-refractivity contribution is 7.92. The number of anilines is 1. The van der Waals surface area contributed by atoms with Gasteiger partial charge in [0.1, 0.15) is 11.6 Å². The maximum absolute atomic E-state index is 13.5. The average molecular weight is 263 g/mol. The Morgan fingerprint density at radius 1 is 1.12 bits per heavy atom. The molecule has 0 heterocycles. The SMILES string of the molecule is CC(C)(C)c1cc(NS(C)(=O)=O)c(F)cc1F. The molecule has 0 saturated carbocycles. The number of hydrogen-bond donors (Lipinski definition) is 1. The normalized spacial score (nSPS) is 12.6. The first kappa shape index (κ1) is 13.9. The van der Waals surface area contributed by atoms with Crippen LogP contribution in [0.5, 0.6) is 0 Å². The lowest BCUT2D eigenvalue weighted by atomic mass is 9.86. The molecule has 3 nitrogen and oxygen atoms in total. The summed E-state index contributed by atoms with van der Waals surface area (Å²) in [4.78, 5) is 0. The van der Waals surface area contributed by atoms with Gasteiger partial charge in [0, 0.05) is 6.07 Å². The van der Waals surface area contributed by atoms with Crippen LogP contribution in [-0.2, 0) is 15.4 Å². The molecular formula is C11H15F2NO2S. The molecule has 0 aliphatic heterocycles. The standard InChI is InChI=1S/C11H15F2NO2S/c1-11(2,3)7-5-10(14-17(4,15)16)9(13)6-8(7)12/h5-6,14H,1-4H3. The molecule has 0 fully saturated rings. The smallest absolute Gasteiger partial charge is 0.229 e. The van der Waals surface area contributed by atoms with Crippen LogP contribution in [0.1, 0.15) is 26.3 Å². The van der Waals surface area contributed by atoms with Crippen molar-refractivity contribution in [1.82, 2.24) is 0 Å². The predicted octanol–water partition coefficient (Wildman–Crippen LogP) is 2.63. The fourth-order valence-corrected chi connectivity index (χ4v) is 1.96. The van der Waals surface area contributed by atoms with Crippen molar-refractivity contribution in [2.45, 2.75) is 26.2 Å². The lowest BCUT2D eigenvalue weighted by Gasteiger charge is -2.21. The fraction of sp³-hybridized carbons (Fsp3) is 0.455. The van der Waals surface area contributed by atoms with E-state index in [1.807, 2.05) is 4.72 Å². The molecule has 0 spiro atoms. The zero-order chi connectivity index (χ0) is 13.4. The molecule has 0 amide bonds. The van der Waals surface area contributed by atoms with Gasteiger partial charge in [-0.25, -0.2) is 17.2 Å². The number of benzene rings is 1. The molecule has 17 heavy (non-hydrogen) atoms. The lowest BCUT2D eigenvalue weighted by Crippen LogP contribution is -2.17. The number of rotatable bonds is 2. The Kier molecular flexibility index (Phi) is 3.47. The van der Waals surface area contributed by atoms with E-state index >= 15 is 0 Å². The second kappa shape index (κ2) is 4.25. The highest BCUT2D eigenvalue weighted by atomic mass is 32.2. The first-order chi connectivity index (χ1) is 7.50. The van der Waals surface area contributed by atoms with E-state index in [9.17, 15) is 17.2 Å². The monoisotopic (exact) mass is 263 g/mol. The van der Waals surface area contributed by atoms with Crippen LogP contribution in [0, 0.1) is 11.6 Å². The molecule has 1 aromatic carbocycles. The molecule has 0 atom stereocenters. The summed E-state index contributed by atoms with van der Waals surface area (Å²) >= 11 is 0. The second-order valence-electron chi connectivity index (χ2n) is 4.94. The summed E-state index contributed by atoms with van der Waals surface area (Å²) in [5.74, 6) is -1.62. The Labute approximate surface area is 99.9 Å². The predicted molar refractivity (Wildman–Crippen MR) is 63.5 cm³/mol. The van der Waals surface area contributed by atoms with Crippen molar-refractivity contribution in [2.24, 2.45) is 0 Å². The van der Waals surface area contributed by atoms with Gasteiger partial charge in [-0.05, 0) is 17.0 Å². The Morgan fingerprint density at radius 2 is 1.65 bits per heavy atom. The topological polar surface area (TPSA) is 46.2 Å². The van der Waals surface area contributed by atoms with Crippen LogP contribution >= 0.6 is 0 Å². The molecule has 0 aliphatic rings. The molecular weight excluding hydrogens is 248 g/mol. The van der Waals surface area contributed by atoms with Gasteiger partial charge in [0.15, 0.2) is 0 Å². The number of sulfonamides is 1. The fourth-order valence-electron chi connectivity index (χ4n) is 1.40. The van der Waals surface area contributed by atoms with Gasteiger partial charge in [-0.3, -0.25) is 4.72 Å². The largest absolute Gasteiger partial charge is 0.281 e. The highest BCUT2D eigenvalue weighted by Crippen LogP contribution is 2.29. The lowest BCUT2D eigenvalue weighted by molar-refractivity contribution is 0.512. The zero-order valence-corrected chi connectivity index (χ0v) is 11.0. The Bertz CT molecular complexity index is 533. The van der Waals surface area contributed by atoms with E-state index in [0.717, 1.165) is 6.26 Å². The van der Waals surface area contributed by atoms with E-state index in [1.54, 1.807) is 20.8 Å². The van der Waals surface area contributed by atoms with Gasteiger partial charge in [0.05, 0.1) is 11.9 Å². The van der Waals surface area contributed by atoms with E-state index in [4.69, 9.17) is 0 Å². The third-order valence-corrected chi connectivity index (χ3v) is 2.75.